The van der Waals surface area contributed by atoms with Crippen LogP contribution in [0.3, 0.4) is 0 Å². The molecule has 0 aromatic carbocycles. The maximum absolute atomic E-state index is 11.9. The van der Waals surface area contributed by atoms with Gasteiger partial charge in [0.2, 0.25) is 5.91 Å². The van der Waals surface area contributed by atoms with Crippen LogP contribution in [0.25, 0.3) is 0 Å². The molecule has 13 nitrogen and oxygen atoms in total. The average Bonchev–Trinajstić information content (AvgIpc) is 2.83. The molecule has 0 radical (unpaired) electrons. The molecule has 0 aromatic heterocycles. The molecule has 39 heavy (non-hydrogen) atoms. The number of carboxylic acid groups (broad SMARTS) is 3. The first-order valence-corrected chi connectivity index (χ1v) is 14.1. The standard InChI is InChI=1S/C26H50N6O7/c1-22(2)7-9-28-23(33)6-4-3-5-8-27-21-32-16-14-30(19-25(36)37)12-10-29(18-24(34)35)11-13-31(15-17-32)20-26(38)39/h22,27H,3-21H2,1-2H3,(H,28,33)(H,34,35)(H,36,37)(H,38,39). The van der Waals surface area contributed by atoms with Gasteiger partial charge in [0.25, 0.3) is 0 Å². The van der Waals surface area contributed by atoms with E-state index in [4.69, 9.17) is 0 Å². The lowest BCUT2D eigenvalue weighted by atomic mass is 10.1. The van der Waals surface area contributed by atoms with Crippen LogP contribution in [-0.4, -0.2) is 150 Å². The largest absolute Gasteiger partial charge is 0.480 e. The molecule has 1 amide bonds. The quantitative estimate of drug-likeness (QED) is 0.149. The predicted octanol–water partition coefficient (Wildman–Crippen LogP) is -0.268. The summed E-state index contributed by atoms with van der Waals surface area (Å²) in [4.78, 5) is 53.4. The zero-order chi connectivity index (χ0) is 29.0. The lowest BCUT2D eigenvalue weighted by Gasteiger charge is -2.33. The van der Waals surface area contributed by atoms with Gasteiger partial charge in [0, 0.05) is 72.0 Å². The van der Waals surface area contributed by atoms with E-state index in [1.165, 1.54) is 0 Å². The van der Waals surface area contributed by atoms with Crippen molar-refractivity contribution in [2.45, 2.75) is 46.0 Å². The molecule has 1 rings (SSSR count). The van der Waals surface area contributed by atoms with Crippen molar-refractivity contribution >= 4 is 23.8 Å². The highest BCUT2D eigenvalue weighted by Crippen LogP contribution is 2.03. The van der Waals surface area contributed by atoms with Crippen molar-refractivity contribution in [1.82, 2.24) is 30.2 Å². The highest BCUT2D eigenvalue weighted by molar-refractivity contribution is 5.75. The molecule has 0 bridgehead atoms. The fraction of sp³-hybridized carbons (Fsp3) is 0.846. The summed E-state index contributed by atoms with van der Waals surface area (Å²) in [7, 11) is 0. The van der Waals surface area contributed by atoms with Gasteiger partial charge in [-0.05, 0) is 31.7 Å². The summed E-state index contributed by atoms with van der Waals surface area (Å²) in [6.45, 7) is 9.70. The van der Waals surface area contributed by atoms with E-state index in [0.717, 1.165) is 38.8 Å². The van der Waals surface area contributed by atoms with E-state index >= 15 is 0 Å². The van der Waals surface area contributed by atoms with E-state index in [0.29, 0.717) is 71.4 Å². The summed E-state index contributed by atoms with van der Waals surface area (Å²) < 4.78 is 0. The van der Waals surface area contributed by atoms with Crippen LogP contribution in [0.1, 0.15) is 46.0 Å². The minimum atomic E-state index is -0.973. The third kappa shape index (κ3) is 19.4. The van der Waals surface area contributed by atoms with Gasteiger partial charge >= 0.3 is 17.9 Å². The van der Waals surface area contributed by atoms with E-state index < -0.39 is 17.9 Å². The van der Waals surface area contributed by atoms with Crippen molar-refractivity contribution in [3.05, 3.63) is 0 Å². The molecule has 0 atom stereocenters. The van der Waals surface area contributed by atoms with Gasteiger partial charge in [-0.2, -0.15) is 0 Å². The summed E-state index contributed by atoms with van der Waals surface area (Å²) in [6.07, 6.45) is 4.23. The average molecular weight is 559 g/mol. The van der Waals surface area contributed by atoms with Crippen LogP contribution in [0.4, 0.5) is 0 Å². The Balaban J connectivity index is 2.56. The molecule has 226 valence electrons. The van der Waals surface area contributed by atoms with Gasteiger partial charge in [0.05, 0.1) is 19.6 Å². The number of rotatable bonds is 17. The van der Waals surface area contributed by atoms with Gasteiger partial charge in [-0.3, -0.25) is 38.8 Å². The molecule has 1 aliphatic heterocycles. The van der Waals surface area contributed by atoms with Crippen LogP contribution in [-0.2, 0) is 19.2 Å². The number of carboxylic acids is 3. The molecule has 0 saturated carbocycles. The van der Waals surface area contributed by atoms with Gasteiger partial charge in [0.1, 0.15) is 0 Å². The predicted molar refractivity (Wildman–Crippen MR) is 148 cm³/mol. The number of carbonyl (C=O) groups excluding carboxylic acids is 1. The molecule has 1 saturated heterocycles. The Kier molecular flexibility index (Phi) is 18.3. The Morgan fingerprint density at radius 1 is 0.641 bits per heavy atom. The molecular formula is C26H50N6O7. The summed E-state index contributed by atoms with van der Waals surface area (Å²) in [6, 6.07) is 0. The van der Waals surface area contributed by atoms with Crippen LogP contribution in [0.15, 0.2) is 0 Å². The molecule has 0 aromatic rings. The van der Waals surface area contributed by atoms with Gasteiger partial charge in [-0.15, -0.1) is 0 Å². The zero-order valence-corrected chi connectivity index (χ0v) is 23.8. The zero-order valence-electron chi connectivity index (χ0n) is 23.8. The smallest absolute Gasteiger partial charge is 0.317 e. The Morgan fingerprint density at radius 3 is 1.49 bits per heavy atom. The number of nitrogens with one attached hydrogen (secondary N) is 2. The second-order valence-corrected chi connectivity index (χ2v) is 10.6. The lowest BCUT2D eigenvalue weighted by molar-refractivity contribution is -0.140. The Hall–Kier alpha value is -2.32. The van der Waals surface area contributed by atoms with E-state index in [2.05, 4.69) is 29.4 Å². The van der Waals surface area contributed by atoms with Crippen molar-refractivity contribution in [3.63, 3.8) is 0 Å². The van der Waals surface area contributed by atoms with E-state index in [9.17, 15) is 34.5 Å². The summed E-state index contributed by atoms with van der Waals surface area (Å²) in [5.41, 5.74) is 0. The third-order valence-corrected chi connectivity index (χ3v) is 6.64. The minimum absolute atomic E-state index is 0.103. The van der Waals surface area contributed by atoms with E-state index in [1.54, 1.807) is 4.90 Å². The van der Waals surface area contributed by atoms with Gasteiger partial charge in [0.15, 0.2) is 0 Å². The number of carbonyl (C=O) groups is 4. The van der Waals surface area contributed by atoms with Crippen LogP contribution >= 0.6 is 0 Å². The molecule has 1 heterocycles. The Morgan fingerprint density at radius 2 is 1.08 bits per heavy atom. The normalized spacial score (nSPS) is 17.4. The monoisotopic (exact) mass is 558 g/mol. The fourth-order valence-electron chi connectivity index (χ4n) is 4.32. The molecule has 5 N–H and O–H groups in total. The number of hydrogen-bond donors (Lipinski definition) is 5. The Labute approximate surface area is 232 Å². The highest BCUT2D eigenvalue weighted by atomic mass is 16.4. The molecular weight excluding hydrogens is 508 g/mol. The Bertz CT molecular complexity index is 708. The number of unbranched alkanes of at least 4 members (excludes halogenated alkanes) is 2. The maximum atomic E-state index is 11.9. The van der Waals surface area contributed by atoms with Crippen molar-refractivity contribution in [2.75, 3.05) is 91.8 Å². The van der Waals surface area contributed by atoms with Crippen LogP contribution in [0, 0.1) is 5.92 Å². The van der Waals surface area contributed by atoms with Crippen molar-refractivity contribution in [1.29, 1.82) is 0 Å². The fourth-order valence-corrected chi connectivity index (χ4v) is 4.32. The molecule has 0 spiro atoms. The second kappa shape index (κ2) is 20.6. The molecule has 0 aliphatic carbocycles. The molecule has 0 unspecified atom stereocenters. The van der Waals surface area contributed by atoms with Crippen molar-refractivity contribution in [2.24, 2.45) is 5.92 Å². The second-order valence-electron chi connectivity index (χ2n) is 10.6. The van der Waals surface area contributed by atoms with E-state index in [1.807, 2.05) is 9.80 Å². The molecule has 1 fully saturated rings. The first kappa shape index (κ1) is 34.7. The van der Waals surface area contributed by atoms with Gasteiger partial charge in [-0.25, -0.2) is 0 Å². The number of hydrogen-bond acceptors (Lipinski definition) is 9. The first-order chi connectivity index (χ1) is 18.5. The van der Waals surface area contributed by atoms with Crippen LogP contribution in [0.2, 0.25) is 0 Å². The summed E-state index contributed by atoms with van der Waals surface area (Å²) in [5, 5.41) is 34.3. The van der Waals surface area contributed by atoms with Crippen molar-refractivity contribution < 1.29 is 34.5 Å². The van der Waals surface area contributed by atoms with E-state index in [-0.39, 0.29) is 25.5 Å². The number of aliphatic carboxylic acids is 3. The molecule has 13 heteroatoms. The SMILES string of the molecule is CC(C)CCNC(=O)CCCCCNCN1CCN(CC(=O)O)CCN(CC(=O)O)CCN(CC(=O)O)CC1. The molecule has 1 aliphatic rings. The topological polar surface area (TPSA) is 166 Å². The highest BCUT2D eigenvalue weighted by Gasteiger charge is 2.20. The third-order valence-electron chi connectivity index (χ3n) is 6.64. The first-order valence-electron chi connectivity index (χ1n) is 14.1. The minimum Gasteiger partial charge on any atom is -0.480 e. The maximum Gasteiger partial charge on any atom is 0.317 e. The lowest BCUT2D eigenvalue weighted by Crippen LogP contribution is -2.49. The summed E-state index contributed by atoms with van der Waals surface area (Å²) in [5.74, 6) is -2.16. The number of amides is 1. The van der Waals surface area contributed by atoms with Gasteiger partial charge in [-0.1, -0.05) is 20.3 Å². The summed E-state index contributed by atoms with van der Waals surface area (Å²) >= 11 is 0. The van der Waals surface area contributed by atoms with Crippen LogP contribution in [0.5, 0.6) is 0 Å². The van der Waals surface area contributed by atoms with Crippen LogP contribution < -0.4 is 10.6 Å². The van der Waals surface area contributed by atoms with Gasteiger partial charge < -0.3 is 26.0 Å². The van der Waals surface area contributed by atoms with Crippen molar-refractivity contribution in [3.8, 4) is 0 Å². The number of nitrogens with zero attached hydrogens (tertiary/aromatic N) is 4.